The molecule has 1 saturated heterocycles. The van der Waals surface area contributed by atoms with E-state index >= 15 is 0 Å². The second-order valence-electron chi connectivity index (χ2n) is 8.36. The number of hydrogen-bond donors (Lipinski definition) is 0. The molecule has 2 aromatic rings. The Bertz CT molecular complexity index is 944. The molecule has 32 heavy (non-hydrogen) atoms. The largest absolute Gasteiger partial charge is 0.494 e. The molecule has 9 heteroatoms. The van der Waals surface area contributed by atoms with Crippen molar-refractivity contribution in [2.24, 2.45) is 0 Å². The van der Waals surface area contributed by atoms with Crippen LogP contribution >= 0.6 is 11.3 Å². The highest BCUT2D eigenvalue weighted by Gasteiger charge is 2.38. The molecule has 172 valence electrons. The molecule has 0 N–H and O–H groups in total. The maximum absolute atomic E-state index is 13.0. The number of esters is 1. The molecule has 1 atom stereocenters. The summed E-state index contributed by atoms with van der Waals surface area (Å²) in [6, 6.07) is 6.70. The van der Waals surface area contributed by atoms with Crippen molar-refractivity contribution >= 4 is 28.5 Å². The van der Waals surface area contributed by atoms with E-state index in [9.17, 15) is 9.59 Å². The lowest BCUT2D eigenvalue weighted by atomic mass is 9.90. The molecule has 1 aliphatic heterocycles. The van der Waals surface area contributed by atoms with Crippen molar-refractivity contribution < 1.29 is 19.1 Å². The number of benzene rings is 1. The van der Waals surface area contributed by atoms with Gasteiger partial charge in [0.25, 0.3) is 0 Å². The van der Waals surface area contributed by atoms with E-state index in [4.69, 9.17) is 9.47 Å². The summed E-state index contributed by atoms with van der Waals surface area (Å²) in [6.45, 7) is 3.11. The first-order valence-corrected chi connectivity index (χ1v) is 12.2. The average molecular weight is 459 g/mol. The Balaban J connectivity index is 1.51. The lowest BCUT2D eigenvalue weighted by molar-refractivity contribution is 0.0228. The molecule has 0 bridgehead atoms. The number of nitrogens with zero attached hydrogens (tertiary/aromatic N) is 4. The second kappa shape index (κ2) is 10.3. The Labute approximate surface area is 192 Å². The minimum absolute atomic E-state index is 0.236. The molecular weight excluding hydrogens is 428 g/mol. The predicted molar refractivity (Wildman–Crippen MR) is 122 cm³/mol. The molecular formula is C23H30N4O4S. The average Bonchev–Trinajstić information content (AvgIpc) is 3.31. The first kappa shape index (κ1) is 22.5. The van der Waals surface area contributed by atoms with Gasteiger partial charge in [0, 0.05) is 25.9 Å². The number of anilines is 1. The van der Waals surface area contributed by atoms with E-state index < -0.39 is 12.2 Å². The lowest BCUT2D eigenvalue weighted by Gasteiger charge is -2.37. The zero-order valence-electron chi connectivity index (χ0n) is 18.7. The highest BCUT2D eigenvalue weighted by Crippen LogP contribution is 2.37. The summed E-state index contributed by atoms with van der Waals surface area (Å²) < 4.78 is 11.4. The molecule has 1 aromatic heterocycles. The zero-order valence-corrected chi connectivity index (χ0v) is 19.5. The minimum Gasteiger partial charge on any atom is -0.494 e. The van der Waals surface area contributed by atoms with Gasteiger partial charge in [-0.3, -0.25) is 0 Å². The summed E-state index contributed by atoms with van der Waals surface area (Å²) in [5, 5.41) is 10.1. The van der Waals surface area contributed by atoms with E-state index in [1.807, 2.05) is 13.0 Å². The summed E-state index contributed by atoms with van der Waals surface area (Å²) >= 11 is 1.43. The third kappa shape index (κ3) is 5.03. The van der Waals surface area contributed by atoms with E-state index in [1.165, 1.54) is 35.5 Å². The van der Waals surface area contributed by atoms with Crippen molar-refractivity contribution in [2.45, 2.75) is 64.0 Å². The van der Waals surface area contributed by atoms with Crippen LogP contribution in [0.25, 0.3) is 0 Å². The molecule has 1 unspecified atom stereocenters. The monoisotopic (exact) mass is 458 g/mol. The Hall–Kier alpha value is -2.68. The number of carbonyl (C=O) groups is 2. The van der Waals surface area contributed by atoms with Crippen LogP contribution in [0.1, 0.15) is 73.2 Å². The van der Waals surface area contributed by atoms with Crippen molar-refractivity contribution in [1.82, 2.24) is 15.1 Å². The molecule has 4 rings (SSSR count). The van der Waals surface area contributed by atoms with E-state index in [0.717, 1.165) is 24.3 Å². The van der Waals surface area contributed by atoms with Crippen LogP contribution in [-0.2, 0) is 4.74 Å². The van der Waals surface area contributed by atoms with Crippen LogP contribution < -0.4 is 9.64 Å². The fourth-order valence-corrected chi connectivity index (χ4v) is 5.16. The maximum Gasteiger partial charge on any atom is 0.340 e. The first-order valence-electron chi connectivity index (χ1n) is 11.4. The fourth-order valence-electron chi connectivity index (χ4n) is 4.12. The van der Waals surface area contributed by atoms with Gasteiger partial charge in [-0.25, -0.2) is 14.5 Å². The topological polar surface area (TPSA) is 84.9 Å². The van der Waals surface area contributed by atoms with Crippen LogP contribution in [0.4, 0.5) is 9.93 Å². The zero-order chi connectivity index (χ0) is 22.5. The molecule has 8 nitrogen and oxygen atoms in total. The van der Waals surface area contributed by atoms with E-state index in [-0.39, 0.29) is 6.03 Å². The third-order valence-corrected chi connectivity index (χ3v) is 6.99. The molecule has 2 heterocycles. The first-order chi connectivity index (χ1) is 15.6. The van der Waals surface area contributed by atoms with Crippen LogP contribution in [0.3, 0.4) is 0 Å². The van der Waals surface area contributed by atoms with Gasteiger partial charge in [-0.05, 0) is 37.5 Å². The van der Waals surface area contributed by atoms with Crippen molar-refractivity contribution in [2.75, 3.05) is 25.1 Å². The summed E-state index contributed by atoms with van der Waals surface area (Å²) in [7, 11) is 1.74. The summed E-state index contributed by atoms with van der Waals surface area (Å²) in [4.78, 5) is 29.0. The highest BCUT2D eigenvalue weighted by atomic mass is 32.1. The van der Waals surface area contributed by atoms with E-state index in [1.54, 1.807) is 30.1 Å². The highest BCUT2D eigenvalue weighted by molar-refractivity contribution is 7.15. The maximum atomic E-state index is 13.0. The second-order valence-corrected chi connectivity index (χ2v) is 9.34. The fraction of sp³-hybridized carbons (Fsp3) is 0.565. The quantitative estimate of drug-likeness (QED) is 0.553. The summed E-state index contributed by atoms with van der Waals surface area (Å²) in [5.41, 5.74) is 0.394. The van der Waals surface area contributed by atoms with Crippen LogP contribution in [0.2, 0.25) is 0 Å². The summed E-state index contributed by atoms with van der Waals surface area (Å²) in [5.74, 6) is 0.537. The SMILES string of the molecule is CCCOc1cccc(C(=O)OC2CCN(C)C(=O)N2c2nnc(C3CCCCC3)s2)c1. The standard InChI is InChI=1S/C23H30N4O4S/c1-3-14-30-18-11-7-10-17(15-18)21(28)31-19-12-13-26(2)23(29)27(19)22-25-24-20(32-22)16-8-5-4-6-9-16/h7,10-11,15-16,19H,3-6,8-9,12-14H2,1-2H3. The third-order valence-electron chi connectivity index (χ3n) is 5.91. The molecule has 2 fully saturated rings. The van der Waals surface area contributed by atoms with Gasteiger partial charge in [-0.1, -0.05) is 43.6 Å². The molecule has 0 radical (unpaired) electrons. The number of amides is 2. The van der Waals surface area contributed by atoms with Crippen LogP contribution in [0.5, 0.6) is 5.75 Å². The van der Waals surface area contributed by atoms with Crippen LogP contribution in [-0.4, -0.2) is 53.5 Å². The molecule has 0 spiro atoms. The number of carbonyl (C=O) groups excluding carboxylic acids is 2. The molecule has 1 saturated carbocycles. The van der Waals surface area contributed by atoms with Gasteiger partial charge in [0.2, 0.25) is 5.13 Å². The van der Waals surface area contributed by atoms with Crippen molar-refractivity contribution in [3.05, 3.63) is 34.8 Å². The number of hydrogen-bond acceptors (Lipinski definition) is 7. The summed E-state index contributed by atoms with van der Waals surface area (Å²) in [6.07, 6.45) is 6.54. The van der Waals surface area contributed by atoms with Gasteiger partial charge in [0.05, 0.1) is 12.2 Å². The molecule has 2 amide bonds. The smallest absolute Gasteiger partial charge is 0.340 e. The van der Waals surface area contributed by atoms with Crippen LogP contribution in [0.15, 0.2) is 24.3 Å². The van der Waals surface area contributed by atoms with E-state index in [2.05, 4.69) is 10.2 Å². The minimum atomic E-state index is -0.724. The lowest BCUT2D eigenvalue weighted by Crippen LogP contribution is -2.54. The molecule has 1 aromatic carbocycles. The Morgan fingerprint density at radius 2 is 2.00 bits per heavy atom. The predicted octanol–water partition coefficient (Wildman–Crippen LogP) is 4.82. The number of urea groups is 1. The number of aromatic nitrogens is 2. The van der Waals surface area contributed by atoms with Gasteiger partial charge >= 0.3 is 12.0 Å². The molecule has 1 aliphatic carbocycles. The van der Waals surface area contributed by atoms with Gasteiger partial charge in [-0.15, -0.1) is 10.2 Å². The van der Waals surface area contributed by atoms with Crippen molar-refractivity contribution in [3.63, 3.8) is 0 Å². The van der Waals surface area contributed by atoms with Gasteiger partial charge < -0.3 is 14.4 Å². The van der Waals surface area contributed by atoms with Gasteiger partial charge in [0.15, 0.2) is 6.23 Å². The van der Waals surface area contributed by atoms with E-state index in [0.29, 0.717) is 41.9 Å². The Kier molecular flexibility index (Phi) is 7.24. The number of ether oxygens (including phenoxy) is 2. The normalized spacial score (nSPS) is 19.8. The number of rotatable bonds is 7. The van der Waals surface area contributed by atoms with Crippen molar-refractivity contribution in [3.8, 4) is 5.75 Å². The molecule has 2 aliphatic rings. The van der Waals surface area contributed by atoms with Gasteiger partial charge in [-0.2, -0.15) is 0 Å². The van der Waals surface area contributed by atoms with Crippen LogP contribution in [0, 0.1) is 0 Å². The van der Waals surface area contributed by atoms with Gasteiger partial charge in [0.1, 0.15) is 10.8 Å². The van der Waals surface area contributed by atoms with Crippen molar-refractivity contribution in [1.29, 1.82) is 0 Å². The Morgan fingerprint density at radius 3 is 2.78 bits per heavy atom. The Morgan fingerprint density at radius 1 is 1.19 bits per heavy atom.